The lowest BCUT2D eigenvalue weighted by Crippen LogP contribution is -2.41. The number of thiazole rings is 1. The zero-order valence-corrected chi connectivity index (χ0v) is 15.4. The fourth-order valence-electron chi connectivity index (χ4n) is 1.98. The van der Waals surface area contributed by atoms with Gasteiger partial charge in [-0.25, -0.2) is 9.37 Å². The van der Waals surface area contributed by atoms with E-state index < -0.39 is 29.8 Å². The highest BCUT2D eigenvalue weighted by Gasteiger charge is 2.53. The third-order valence-electron chi connectivity index (χ3n) is 4.45. The van der Waals surface area contributed by atoms with Gasteiger partial charge in [-0.1, -0.05) is 0 Å². The van der Waals surface area contributed by atoms with Crippen LogP contribution in [0.4, 0.5) is 4.39 Å². The average Bonchev–Trinajstić information content (AvgIpc) is 3.01. The highest BCUT2D eigenvalue weighted by Crippen LogP contribution is 2.39. The summed E-state index contributed by atoms with van der Waals surface area (Å²) in [6.45, 7) is 9.28. The largest absolute Gasteiger partial charge is 0.525 e. The second-order valence-corrected chi connectivity index (χ2v) is 7.60. The summed E-state index contributed by atoms with van der Waals surface area (Å²) in [4.78, 5) is 4.87. The van der Waals surface area contributed by atoms with Crippen LogP contribution in [0.3, 0.4) is 0 Å². The first-order chi connectivity index (χ1) is 10.5. The summed E-state index contributed by atoms with van der Waals surface area (Å²) in [7, 11) is 2.05. The Bertz CT molecular complexity index is 582. The van der Waals surface area contributed by atoms with Crippen LogP contribution in [0.15, 0.2) is 11.9 Å². The zero-order chi connectivity index (χ0) is 17.5. The number of hydrogen-bond donors (Lipinski definition) is 0. The topological polar surface area (TPSA) is 49.8 Å². The molecule has 0 spiro atoms. The molecule has 5 nitrogen and oxygen atoms in total. The van der Waals surface area contributed by atoms with Crippen LogP contribution in [0.1, 0.15) is 44.5 Å². The van der Waals surface area contributed by atoms with E-state index in [-0.39, 0.29) is 0 Å². The second-order valence-electron chi connectivity index (χ2n) is 6.54. The van der Waals surface area contributed by atoms with Gasteiger partial charge in [-0.3, -0.25) is 0 Å². The SMILES string of the molecule is COC(C)(OC)c1ncc(C=C(F)B2OC(C)(C)C(C)(C)O2)s1. The monoisotopic (exact) mass is 343 g/mol. The van der Waals surface area contributed by atoms with Crippen molar-refractivity contribution in [3.05, 3.63) is 21.8 Å². The molecule has 0 N–H and O–H groups in total. The predicted octanol–water partition coefficient (Wildman–Crippen LogP) is 3.55. The van der Waals surface area contributed by atoms with Gasteiger partial charge in [0.25, 0.3) is 0 Å². The molecule has 0 bridgehead atoms. The lowest BCUT2D eigenvalue weighted by molar-refractivity contribution is -0.201. The number of nitrogens with zero attached hydrogens (tertiary/aromatic N) is 1. The summed E-state index contributed by atoms with van der Waals surface area (Å²) in [5.74, 6) is -0.947. The first kappa shape index (κ1) is 18.5. The molecule has 0 aliphatic carbocycles. The van der Waals surface area contributed by atoms with Gasteiger partial charge in [0.1, 0.15) is 5.73 Å². The van der Waals surface area contributed by atoms with E-state index in [4.69, 9.17) is 18.8 Å². The van der Waals surface area contributed by atoms with Crippen molar-refractivity contribution >= 4 is 24.5 Å². The molecule has 0 atom stereocenters. The summed E-state index contributed by atoms with van der Waals surface area (Å²) in [6.07, 6.45) is 2.94. The first-order valence-electron chi connectivity index (χ1n) is 7.34. The summed E-state index contributed by atoms with van der Waals surface area (Å²) >= 11 is 1.29. The lowest BCUT2D eigenvalue weighted by Gasteiger charge is -2.32. The highest BCUT2D eigenvalue weighted by atomic mass is 32.1. The van der Waals surface area contributed by atoms with E-state index in [0.717, 1.165) is 0 Å². The fourth-order valence-corrected chi connectivity index (χ4v) is 2.94. The summed E-state index contributed by atoms with van der Waals surface area (Å²) in [6, 6.07) is 0. The van der Waals surface area contributed by atoms with E-state index in [1.807, 2.05) is 27.7 Å². The molecule has 0 radical (unpaired) electrons. The standard InChI is InChI=1S/C15H23BFNO4S/c1-13(2)14(3,4)22-16(21-13)11(17)8-10-9-18-12(23-10)15(5,19-6)20-7/h8-9H,1-7H3. The molecule has 1 saturated heterocycles. The van der Waals surface area contributed by atoms with Crippen LogP contribution in [-0.4, -0.2) is 37.5 Å². The zero-order valence-electron chi connectivity index (χ0n) is 14.6. The molecule has 1 aliphatic rings. The van der Waals surface area contributed by atoms with E-state index >= 15 is 0 Å². The Morgan fingerprint density at radius 3 is 2.26 bits per heavy atom. The van der Waals surface area contributed by atoms with Gasteiger partial charge in [0.2, 0.25) is 5.79 Å². The van der Waals surface area contributed by atoms with Gasteiger partial charge in [0.05, 0.1) is 11.2 Å². The van der Waals surface area contributed by atoms with Gasteiger partial charge in [-0.2, -0.15) is 0 Å². The molecular formula is C15H23BFNO4S. The van der Waals surface area contributed by atoms with Crippen LogP contribution in [0.2, 0.25) is 0 Å². The molecule has 128 valence electrons. The molecule has 8 heteroatoms. The fraction of sp³-hybridized carbons (Fsp3) is 0.667. The number of methoxy groups -OCH3 is 2. The van der Waals surface area contributed by atoms with Crippen molar-refractivity contribution in [3.63, 3.8) is 0 Å². The van der Waals surface area contributed by atoms with Crippen LogP contribution in [0.5, 0.6) is 0 Å². The predicted molar refractivity (Wildman–Crippen MR) is 88.7 cm³/mol. The third kappa shape index (κ3) is 3.51. The second kappa shape index (κ2) is 6.25. The molecule has 2 heterocycles. The van der Waals surface area contributed by atoms with Crippen molar-refractivity contribution in [3.8, 4) is 0 Å². The Morgan fingerprint density at radius 1 is 1.26 bits per heavy atom. The van der Waals surface area contributed by atoms with Crippen molar-refractivity contribution in [2.75, 3.05) is 14.2 Å². The number of hydrogen-bond acceptors (Lipinski definition) is 6. The minimum atomic E-state index is -1.01. The normalized spacial score (nSPS) is 21.0. The maximum atomic E-state index is 14.5. The molecule has 1 aromatic rings. The minimum absolute atomic E-state index is 0.490. The van der Waals surface area contributed by atoms with Crippen molar-refractivity contribution in [2.45, 2.75) is 51.6 Å². The van der Waals surface area contributed by atoms with Crippen LogP contribution in [-0.2, 0) is 24.6 Å². The number of ether oxygens (including phenoxy) is 2. The van der Waals surface area contributed by atoms with Crippen LogP contribution in [0, 0.1) is 0 Å². The quantitative estimate of drug-likeness (QED) is 0.604. The molecule has 1 aliphatic heterocycles. The lowest BCUT2D eigenvalue weighted by atomic mass is 9.87. The number of aromatic nitrogens is 1. The van der Waals surface area contributed by atoms with Gasteiger partial charge in [0.15, 0.2) is 5.01 Å². The maximum absolute atomic E-state index is 14.5. The number of rotatable bonds is 5. The van der Waals surface area contributed by atoms with Crippen molar-refractivity contribution in [1.82, 2.24) is 4.98 Å². The summed E-state index contributed by atoms with van der Waals surface area (Å²) in [5, 5.41) is 0.607. The molecule has 0 amide bonds. The van der Waals surface area contributed by atoms with Crippen molar-refractivity contribution < 1.29 is 23.2 Å². The maximum Gasteiger partial charge on any atom is 0.525 e. The van der Waals surface area contributed by atoms with Crippen molar-refractivity contribution in [2.24, 2.45) is 0 Å². The van der Waals surface area contributed by atoms with E-state index in [1.54, 1.807) is 13.1 Å². The first-order valence-corrected chi connectivity index (χ1v) is 8.15. The Labute approximate surface area is 140 Å². The molecule has 23 heavy (non-hydrogen) atoms. The smallest absolute Gasteiger partial charge is 0.398 e. The van der Waals surface area contributed by atoms with Gasteiger partial charge in [-0.05, 0) is 40.7 Å². The molecule has 1 fully saturated rings. The summed E-state index contributed by atoms with van der Waals surface area (Å²) in [5.41, 5.74) is -1.64. The van der Waals surface area contributed by atoms with E-state index in [9.17, 15) is 4.39 Å². The third-order valence-corrected chi connectivity index (χ3v) is 5.58. The molecular weight excluding hydrogens is 320 g/mol. The highest BCUT2D eigenvalue weighted by molar-refractivity contribution is 7.12. The van der Waals surface area contributed by atoms with E-state index in [1.165, 1.54) is 31.6 Å². The van der Waals surface area contributed by atoms with Gasteiger partial charge >= 0.3 is 7.12 Å². The van der Waals surface area contributed by atoms with E-state index in [2.05, 4.69) is 4.98 Å². The van der Waals surface area contributed by atoms with Crippen LogP contribution >= 0.6 is 11.3 Å². The average molecular weight is 343 g/mol. The molecule has 2 rings (SSSR count). The van der Waals surface area contributed by atoms with Gasteiger partial charge in [-0.15, -0.1) is 11.3 Å². The Balaban J connectivity index is 2.19. The van der Waals surface area contributed by atoms with Crippen molar-refractivity contribution in [1.29, 1.82) is 0 Å². The Kier molecular flexibility index (Phi) is 5.04. The van der Waals surface area contributed by atoms with Crippen LogP contribution in [0.25, 0.3) is 6.08 Å². The van der Waals surface area contributed by atoms with E-state index in [0.29, 0.717) is 9.88 Å². The molecule has 1 aromatic heterocycles. The molecule has 0 saturated carbocycles. The number of halogens is 1. The minimum Gasteiger partial charge on any atom is -0.398 e. The Hall–Kier alpha value is -0.795. The van der Waals surface area contributed by atoms with Gasteiger partial charge in [0, 0.05) is 25.3 Å². The molecule has 0 aromatic carbocycles. The van der Waals surface area contributed by atoms with Gasteiger partial charge < -0.3 is 18.8 Å². The Morgan fingerprint density at radius 2 is 1.78 bits per heavy atom. The summed E-state index contributed by atoms with van der Waals surface area (Å²) < 4.78 is 36.5. The van der Waals surface area contributed by atoms with Crippen LogP contribution < -0.4 is 0 Å². The molecule has 0 unspecified atom stereocenters.